The molecule has 0 spiro atoms. The van der Waals surface area contributed by atoms with Crippen LogP contribution in [-0.4, -0.2) is 0 Å². The number of rotatable bonds is 34. The zero-order chi connectivity index (χ0) is 28.5. The van der Waals surface area contributed by atoms with E-state index in [1.165, 1.54) is 212 Å². The van der Waals surface area contributed by atoms with E-state index in [4.69, 9.17) is 0 Å². The summed E-state index contributed by atoms with van der Waals surface area (Å²) < 4.78 is 0. The van der Waals surface area contributed by atoms with Gasteiger partial charge in [-0.1, -0.05) is 240 Å². The summed E-state index contributed by atoms with van der Waals surface area (Å²) in [4.78, 5) is 0. The van der Waals surface area contributed by atoms with E-state index in [1.54, 1.807) is 0 Å². The van der Waals surface area contributed by atoms with Gasteiger partial charge in [0, 0.05) is 0 Å². The predicted molar refractivity (Wildman–Crippen MR) is 182 cm³/mol. The second kappa shape index (κ2) is 34.2. The van der Waals surface area contributed by atoms with Crippen LogP contribution in [-0.2, 0) is 0 Å². The van der Waals surface area contributed by atoms with E-state index in [-0.39, 0.29) is 0 Å². The third-order valence-electron chi connectivity index (χ3n) is 9.57. The van der Waals surface area contributed by atoms with Crippen molar-refractivity contribution in [2.45, 2.75) is 240 Å². The minimum absolute atomic E-state index is 1.02. The van der Waals surface area contributed by atoms with Gasteiger partial charge in [0.05, 0.1) is 0 Å². The minimum Gasteiger partial charge on any atom is -0.0654 e. The fourth-order valence-electron chi connectivity index (χ4n) is 6.84. The van der Waals surface area contributed by atoms with Crippen molar-refractivity contribution in [1.82, 2.24) is 0 Å². The van der Waals surface area contributed by atoms with Gasteiger partial charge in [-0.15, -0.1) is 0 Å². The fourth-order valence-corrected chi connectivity index (χ4v) is 6.84. The molecular formula is C39H80. The van der Waals surface area contributed by atoms with E-state index in [0.29, 0.717) is 0 Å². The zero-order valence-electron chi connectivity index (χ0n) is 28.5. The van der Waals surface area contributed by atoms with Gasteiger partial charge in [0.15, 0.2) is 0 Å². The van der Waals surface area contributed by atoms with Crippen molar-refractivity contribution in [3.05, 3.63) is 0 Å². The van der Waals surface area contributed by atoms with E-state index in [9.17, 15) is 0 Å². The van der Waals surface area contributed by atoms with Crippen molar-refractivity contribution >= 4 is 0 Å². The van der Waals surface area contributed by atoms with Crippen LogP contribution < -0.4 is 0 Å². The highest BCUT2D eigenvalue weighted by Gasteiger charge is 2.11. The molecule has 0 aliphatic heterocycles. The van der Waals surface area contributed by atoms with E-state index in [0.717, 1.165) is 11.8 Å². The third kappa shape index (κ3) is 30.8. The van der Waals surface area contributed by atoms with E-state index in [2.05, 4.69) is 27.7 Å². The molecule has 0 heterocycles. The molecule has 236 valence electrons. The van der Waals surface area contributed by atoms with Crippen molar-refractivity contribution in [3.63, 3.8) is 0 Å². The SMILES string of the molecule is CCCCCCCCCCCCC(CCC)CCCCC(CCCCCC)CCCCCCCCCCCC. The van der Waals surface area contributed by atoms with E-state index < -0.39 is 0 Å². The Kier molecular flexibility index (Phi) is 34.2. The van der Waals surface area contributed by atoms with Gasteiger partial charge >= 0.3 is 0 Å². The Morgan fingerprint density at radius 2 is 0.410 bits per heavy atom. The van der Waals surface area contributed by atoms with Crippen LogP contribution in [0.15, 0.2) is 0 Å². The molecule has 0 bridgehead atoms. The van der Waals surface area contributed by atoms with Crippen LogP contribution in [0.5, 0.6) is 0 Å². The molecule has 0 aliphatic carbocycles. The summed E-state index contributed by atoms with van der Waals surface area (Å²) in [5, 5.41) is 0. The second-order valence-electron chi connectivity index (χ2n) is 13.6. The van der Waals surface area contributed by atoms with Gasteiger partial charge in [0.2, 0.25) is 0 Å². The van der Waals surface area contributed by atoms with Crippen LogP contribution >= 0.6 is 0 Å². The molecule has 39 heavy (non-hydrogen) atoms. The van der Waals surface area contributed by atoms with Crippen LogP contribution in [0.3, 0.4) is 0 Å². The summed E-state index contributed by atoms with van der Waals surface area (Å²) in [6, 6.07) is 0. The summed E-state index contributed by atoms with van der Waals surface area (Å²) in [6.07, 6.45) is 48.7. The average molecular weight is 549 g/mol. The molecule has 0 amide bonds. The first-order chi connectivity index (χ1) is 19.3. The molecule has 0 aromatic rings. The van der Waals surface area contributed by atoms with Crippen molar-refractivity contribution in [3.8, 4) is 0 Å². The lowest BCUT2D eigenvalue weighted by Crippen LogP contribution is -2.04. The van der Waals surface area contributed by atoms with Gasteiger partial charge in [-0.05, 0) is 11.8 Å². The highest BCUT2D eigenvalue weighted by Crippen LogP contribution is 2.27. The number of unbranched alkanes of at least 4 members (excludes halogenated alkanes) is 22. The molecule has 0 saturated heterocycles. The summed E-state index contributed by atoms with van der Waals surface area (Å²) in [5.74, 6) is 2.05. The fraction of sp³-hybridized carbons (Fsp3) is 1.00. The maximum Gasteiger partial charge on any atom is -0.0414 e. The second-order valence-corrected chi connectivity index (χ2v) is 13.6. The van der Waals surface area contributed by atoms with Crippen molar-refractivity contribution in [2.75, 3.05) is 0 Å². The lowest BCUT2D eigenvalue weighted by Gasteiger charge is -2.19. The molecular weight excluding hydrogens is 468 g/mol. The predicted octanol–water partition coefficient (Wildman–Crippen LogP) is 15.2. The van der Waals surface area contributed by atoms with Crippen LogP contribution in [0, 0.1) is 11.8 Å². The third-order valence-corrected chi connectivity index (χ3v) is 9.57. The Labute approximate surface area is 251 Å². The minimum atomic E-state index is 1.02. The molecule has 0 nitrogen and oxygen atoms in total. The molecule has 0 aromatic heterocycles. The highest BCUT2D eigenvalue weighted by molar-refractivity contribution is 4.65. The number of hydrogen-bond acceptors (Lipinski definition) is 0. The van der Waals surface area contributed by atoms with Crippen LogP contribution in [0.25, 0.3) is 0 Å². The van der Waals surface area contributed by atoms with Crippen LogP contribution in [0.1, 0.15) is 240 Å². The summed E-state index contributed by atoms with van der Waals surface area (Å²) >= 11 is 0. The Hall–Kier alpha value is 0. The maximum absolute atomic E-state index is 2.41. The largest absolute Gasteiger partial charge is 0.0654 e. The normalized spacial score (nSPS) is 13.2. The zero-order valence-corrected chi connectivity index (χ0v) is 28.5. The molecule has 0 fully saturated rings. The van der Waals surface area contributed by atoms with Crippen LogP contribution in [0.2, 0.25) is 0 Å². The van der Waals surface area contributed by atoms with Crippen molar-refractivity contribution < 1.29 is 0 Å². The maximum atomic E-state index is 2.41. The smallest absolute Gasteiger partial charge is 0.0414 e. The molecule has 0 heteroatoms. The Balaban J connectivity index is 3.99. The lowest BCUT2D eigenvalue weighted by atomic mass is 9.87. The monoisotopic (exact) mass is 549 g/mol. The molecule has 2 unspecified atom stereocenters. The lowest BCUT2D eigenvalue weighted by molar-refractivity contribution is 0.342. The van der Waals surface area contributed by atoms with Crippen molar-refractivity contribution in [2.24, 2.45) is 11.8 Å². The van der Waals surface area contributed by atoms with Crippen molar-refractivity contribution in [1.29, 1.82) is 0 Å². The van der Waals surface area contributed by atoms with E-state index in [1.807, 2.05) is 0 Å². The first kappa shape index (κ1) is 39.0. The van der Waals surface area contributed by atoms with Gasteiger partial charge in [-0.25, -0.2) is 0 Å². The molecule has 0 saturated carbocycles. The Morgan fingerprint density at radius 1 is 0.205 bits per heavy atom. The molecule has 0 N–H and O–H groups in total. The summed E-state index contributed by atoms with van der Waals surface area (Å²) in [5.41, 5.74) is 0. The van der Waals surface area contributed by atoms with Gasteiger partial charge in [-0.2, -0.15) is 0 Å². The Bertz CT molecular complexity index is 412. The van der Waals surface area contributed by atoms with Crippen LogP contribution in [0.4, 0.5) is 0 Å². The average Bonchev–Trinajstić information content (AvgIpc) is 2.94. The molecule has 0 aliphatic rings. The van der Waals surface area contributed by atoms with Gasteiger partial charge < -0.3 is 0 Å². The quantitative estimate of drug-likeness (QED) is 0.0701. The summed E-state index contributed by atoms with van der Waals surface area (Å²) in [6.45, 7) is 9.40. The molecule has 0 radical (unpaired) electrons. The van der Waals surface area contributed by atoms with Gasteiger partial charge in [0.1, 0.15) is 0 Å². The molecule has 0 rings (SSSR count). The molecule has 0 aromatic carbocycles. The van der Waals surface area contributed by atoms with E-state index >= 15 is 0 Å². The van der Waals surface area contributed by atoms with Gasteiger partial charge in [0.25, 0.3) is 0 Å². The highest BCUT2D eigenvalue weighted by atomic mass is 14.2. The first-order valence-corrected chi connectivity index (χ1v) is 19.3. The first-order valence-electron chi connectivity index (χ1n) is 19.3. The number of hydrogen-bond donors (Lipinski definition) is 0. The standard InChI is InChI=1S/C39H80/c1-5-9-12-15-17-19-21-23-25-28-33-38(32-8-4)36-30-31-37-39(34-27-14-11-7-3)35-29-26-24-22-20-18-16-13-10-6-2/h38-39H,5-37H2,1-4H3. The molecule has 2 atom stereocenters. The summed E-state index contributed by atoms with van der Waals surface area (Å²) in [7, 11) is 0. The Morgan fingerprint density at radius 3 is 0.692 bits per heavy atom. The topological polar surface area (TPSA) is 0 Å². The van der Waals surface area contributed by atoms with Gasteiger partial charge in [-0.3, -0.25) is 0 Å².